The Hall–Kier alpha value is -2.29. The minimum Gasteiger partial charge on any atom is -0.490 e. The molecule has 0 radical (unpaired) electrons. The molecule has 2 aromatic rings. The average molecular weight is 242 g/mol. The van der Waals surface area contributed by atoms with Crippen molar-refractivity contribution in [2.45, 2.75) is 0 Å². The van der Waals surface area contributed by atoms with Gasteiger partial charge in [0.05, 0.1) is 0 Å². The van der Waals surface area contributed by atoms with Crippen molar-refractivity contribution in [2.24, 2.45) is 0 Å². The molecule has 0 unspecified atom stereocenters. The topological polar surface area (TPSA) is 35.5 Å². The van der Waals surface area contributed by atoms with Gasteiger partial charge in [-0.1, -0.05) is 36.9 Å². The molecule has 0 atom stereocenters. The molecule has 0 aliphatic heterocycles. The van der Waals surface area contributed by atoms with E-state index in [-0.39, 0.29) is 6.61 Å². The van der Waals surface area contributed by atoms with Gasteiger partial charge in [-0.3, -0.25) is 0 Å². The van der Waals surface area contributed by atoms with Crippen molar-refractivity contribution in [1.82, 2.24) is 0 Å². The minimum absolute atomic E-state index is 0.220. The number of carbonyl (C=O) groups excluding carboxylic acids is 1. The van der Waals surface area contributed by atoms with Gasteiger partial charge < -0.3 is 9.47 Å². The molecule has 0 saturated carbocycles. The quantitative estimate of drug-likeness (QED) is 0.459. The van der Waals surface area contributed by atoms with E-state index in [1.54, 1.807) is 0 Å². The van der Waals surface area contributed by atoms with E-state index in [2.05, 4.69) is 6.58 Å². The summed E-state index contributed by atoms with van der Waals surface area (Å²) < 4.78 is 10.3. The van der Waals surface area contributed by atoms with Gasteiger partial charge in [0.15, 0.2) is 0 Å². The Morgan fingerprint density at radius 3 is 2.67 bits per heavy atom. The van der Waals surface area contributed by atoms with Crippen LogP contribution >= 0.6 is 0 Å². The lowest BCUT2D eigenvalue weighted by Crippen LogP contribution is -2.10. The molecular weight excluding hydrogens is 228 g/mol. The van der Waals surface area contributed by atoms with Crippen LogP contribution in [-0.4, -0.2) is 19.2 Å². The van der Waals surface area contributed by atoms with Gasteiger partial charge in [0, 0.05) is 6.08 Å². The Morgan fingerprint density at radius 1 is 1.11 bits per heavy atom. The van der Waals surface area contributed by atoms with E-state index >= 15 is 0 Å². The lowest BCUT2D eigenvalue weighted by Gasteiger charge is -2.07. The predicted molar refractivity (Wildman–Crippen MR) is 70.6 cm³/mol. The summed E-state index contributed by atoms with van der Waals surface area (Å²) in [6.07, 6.45) is 1.13. The Balaban J connectivity index is 1.91. The van der Waals surface area contributed by atoms with E-state index in [0.717, 1.165) is 17.2 Å². The molecule has 3 heteroatoms. The van der Waals surface area contributed by atoms with E-state index in [0.29, 0.717) is 6.61 Å². The molecule has 2 aromatic carbocycles. The summed E-state index contributed by atoms with van der Waals surface area (Å²) in [7, 11) is 0. The standard InChI is InChI=1S/C15H14O3/c1-2-15(16)18-10-9-17-14-8-7-12-5-3-4-6-13(12)11-14/h2-8,11H,1,9-10H2. The number of ether oxygens (including phenoxy) is 2. The number of esters is 1. The summed E-state index contributed by atoms with van der Waals surface area (Å²) in [5.74, 6) is 0.334. The molecule has 0 amide bonds. The fraction of sp³-hybridized carbons (Fsp3) is 0.133. The highest BCUT2D eigenvalue weighted by Crippen LogP contribution is 2.20. The van der Waals surface area contributed by atoms with E-state index in [1.165, 1.54) is 5.39 Å². The first-order chi connectivity index (χ1) is 8.79. The molecule has 0 saturated heterocycles. The van der Waals surface area contributed by atoms with Crippen LogP contribution in [0.5, 0.6) is 5.75 Å². The first kappa shape index (κ1) is 12.2. The van der Waals surface area contributed by atoms with Gasteiger partial charge in [-0.15, -0.1) is 0 Å². The average Bonchev–Trinajstić information content (AvgIpc) is 2.43. The van der Waals surface area contributed by atoms with Crippen LogP contribution < -0.4 is 4.74 Å². The fourth-order valence-corrected chi connectivity index (χ4v) is 1.62. The van der Waals surface area contributed by atoms with Gasteiger partial charge in [-0.25, -0.2) is 4.79 Å². The number of rotatable bonds is 5. The first-order valence-electron chi connectivity index (χ1n) is 5.70. The Kier molecular flexibility index (Phi) is 3.97. The SMILES string of the molecule is C=CC(=O)OCCOc1ccc2ccccc2c1. The molecule has 0 aliphatic carbocycles. The van der Waals surface area contributed by atoms with Crippen LogP contribution in [0.4, 0.5) is 0 Å². The van der Waals surface area contributed by atoms with Gasteiger partial charge >= 0.3 is 5.97 Å². The summed E-state index contributed by atoms with van der Waals surface area (Å²) in [6, 6.07) is 13.9. The summed E-state index contributed by atoms with van der Waals surface area (Å²) in [4.78, 5) is 10.8. The number of benzene rings is 2. The molecule has 0 spiro atoms. The molecule has 18 heavy (non-hydrogen) atoms. The number of hydrogen-bond donors (Lipinski definition) is 0. The van der Waals surface area contributed by atoms with E-state index in [4.69, 9.17) is 9.47 Å². The summed E-state index contributed by atoms with van der Waals surface area (Å²) in [6.45, 7) is 3.87. The van der Waals surface area contributed by atoms with Crippen molar-refractivity contribution >= 4 is 16.7 Å². The van der Waals surface area contributed by atoms with Gasteiger partial charge in [0.2, 0.25) is 0 Å². The summed E-state index contributed by atoms with van der Waals surface area (Å²) in [5.41, 5.74) is 0. The highest BCUT2D eigenvalue weighted by Gasteiger charge is 1.98. The highest BCUT2D eigenvalue weighted by molar-refractivity contribution is 5.83. The van der Waals surface area contributed by atoms with E-state index in [1.807, 2.05) is 42.5 Å². The van der Waals surface area contributed by atoms with Crippen molar-refractivity contribution in [2.75, 3.05) is 13.2 Å². The molecule has 0 aromatic heterocycles. The smallest absolute Gasteiger partial charge is 0.330 e. The third-order valence-electron chi connectivity index (χ3n) is 2.48. The second kappa shape index (κ2) is 5.87. The zero-order valence-electron chi connectivity index (χ0n) is 9.96. The van der Waals surface area contributed by atoms with Gasteiger partial charge in [-0.2, -0.15) is 0 Å². The monoisotopic (exact) mass is 242 g/mol. The number of hydrogen-bond acceptors (Lipinski definition) is 3. The van der Waals surface area contributed by atoms with Crippen molar-refractivity contribution in [3.63, 3.8) is 0 Å². The van der Waals surface area contributed by atoms with Crippen molar-refractivity contribution in [3.8, 4) is 5.75 Å². The molecule has 0 bridgehead atoms. The fourth-order valence-electron chi connectivity index (χ4n) is 1.62. The Labute approximate surface area is 106 Å². The van der Waals surface area contributed by atoms with Crippen LogP contribution in [0.25, 0.3) is 10.8 Å². The second-order valence-corrected chi connectivity index (χ2v) is 3.73. The zero-order chi connectivity index (χ0) is 12.8. The molecule has 3 nitrogen and oxygen atoms in total. The van der Waals surface area contributed by atoms with Gasteiger partial charge in [0.25, 0.3) is 0 Å². The predicted octanol–water partition coefficient (Wildman–Crippen LogP) is 2.95. The van der Waals surface area contributed by atoms with Crippen molar-refractivity contribution < 1.29 is 14.3 Å². The molecule has 2 rings (SSSR count). The molecular formula is C15H14O3. The maximum absolute atomic E-state index is 10.8. The Bertz CT molecular complexity index is 560. The van der Waals surface area contributed by atoms with Gasteiger partial charge in [-0.05, 0) is 22.9 Å². The summed E-state index contributed by atoms with van der Waals surface area (Å²) >= 11 is 0. The first-order valence-corrected chi connectivity index (χ1v) is 5.70. The Morgan fingerprint density at radius 2 is 1.89 bits per heavy atom. The number of fused-ring (bicyclic) bond motifs is 1. The van der Waals surface area contributed by atoms with Crippen molar-refractivity contribution in [3.05, 3.63) is 55.1 Å². The largest absolute Gasteiger partial charge is 0.490 e. The maximum Gasteiger partial charge on any atom is 0.330 e. The van der Waals surface area contributed by atoms with Crippen LogP contribution in [0, 0.1) is 0 Å². The third kappa shape index (κ3) is 3.10. The van der Waals surface area contributed by atoms with Crippen LogP contribution in [0.1, 0.15) is 0 Å². The highest BCUT2D eigenvalue weighted by atomic mass is 16.6. The molecule has 92 valence electrons. The van der Waals surface area contributed by atoms with Crippen LogP contribution in [-0.2, 0) is 9.53 Å². The second-order valence-electron chi connectivity index (χ2n) is 3.73. The zero-order valence-corrected chi connectivity index (χ0v) is 9.96. The molecule has 0 heterocycles. The maximum atomic E-state index is 10.8. The normalized spacial score (nSPS) is 10.0. The van der Waals surface area contributed by atoms with Crippen molar-refractivity contribution in [1.29, 1.82) is 0 Å². The number of carbonyl (C=O) groups is 1. The summed E-state index contributed by atoms with van der Waals surface area (Å²) in [5, 5.41) is 2.29. The van der Waals surface area contributed by atoms with Crippen LogP contribution in [0.2, 0.25) is 0 Å². The molecule has 0 fully saturated rings. The minimum atomic E-state index is -0.433. The molecule has 0 aliphatic rings. The molecule has 0 N–H and O–H groups in total. The van der Waals surface area contributed by atoms with Crippen LogP contribution in [0.15, 0.2) is 55.1 Å². The lowest BCUT2D eigenvalue weighted by molar-refractivity contribution is -0.138. The lowest BCUT2D eigenvalue weighted by atomic mass is 10.1. The van der Waals surface area contributed by atoms with Crippen LogP contribution in [0.3, 0.4) is 0 Å². The van der Waals surface area contributed by atoms with Gasteiger partial charge in [0.1, 0.15) is 19.0 Å². The van der Waals surface area contributed by atoms with E-state index in [9.17, 15) is 4.79 Å². The third-order valence-corrected chi connectivity index (χ3v) is 2.48. The van der Waals surface area contributed by atoms with E-state index < -0.39 is 5.97 Å².